The van der Waals surface area contributed by atoms with Crippen LogP contribution in [0, 0.1) is 5.92 Å². The maximum Gasteiger partial charge on any atom is 0.119 e. The molecule has 2 unspecified atom stereocenters. The second-order valence-corrected chi connectivity index (χ2v) is 5.39. The molecule has 1 aliphatic heterocycles. The first-order valence-corrected chi connectivity index (χ1v) is 6.81. The van der Waals surface area contributed by atoms with Gasteiger partial charge in [-0.15, -0.1) is 0 Å². The van der Waals surface area contributed by atoms with Crippen LogP contribution in [0.4, 0.5) is 0 Å². The van der Waals surface area contributed by atoms with Crippen LogP contribution < -0.4 is 10.5 Å². The molecule has 0 spiro atoms. The number of ether oxygens (including phenoxy) is 1. The molecule has 1 aromatic carbocycles. The lowest BCUT2D eigenvalue weighted by Gasteiger charge is -2.32. The summed E-state index contributed by atoms with van der Waals surface area (Å²) >= 11 is 0. The van der Waals surface area contributed by atoms with Crippen molar-refractivity contribution < 1.29 is 4.74 Å². The Kier molecular flexibility index (Phi) is 4.61. The quantitative estimate of drug-likeness (QED) is 0.889. The van der Waals surface area contributed by atoms with Crippen LogP contribution in [0.3, 0.4) is 0 Å². The van der Waals surface area contributed by atoms with E-state index >= 15 is 0 Å². The highest BCUT2D eigenvalue weighted by Gasteiger charge is 2.19. The van der Waals surface area contributed by atoms with Gasteiger partial charge in [0.15, 0.2) is 0 Å². The number of methoxy groups -OCH3 is 1. The summed E-state index contributed by atoms with van der Waals surface area (Å²) in [5.74, 6) is 1.69. The van der Waals surface area contributed by atoms with Crippen LogP contribution in [0.2, 0.25) is 0 Å². The van der Waals surface area contributed by atoms with Crippen LogP contribution >= 0.6 is 0 Å². The molecule has 2 rings (SSSR count). The molecule has 1 heterocycles. The molecule has 0 aromatic heterocycles. The Hall–Kier alpha value is -1.06. The minimum atomic E-state index is 0.0744. The van der Waals surface area contributed by atoms with Crippen LogP contribution in [0.15, 0.2) is 24.3 Å². The molecule has 3 heteroatoms. The molecule has 0 radical (unpaired) electrons. The fraction of sp³-hybridized carbons (Fsp3) is 0.600. The minimum absolute atomic E-state index is 0.0744. The number of nitrogens with zero attached hydrogens (tertiary/aromatic N) is 1. The Morgan fingerprint density at radius 1 is 1.50 bits per heavy atom. The van der Waals surface area contributed by atoms with Crippen molar-refractivity contribution in [3.63, 3.8) is 0 Å². The molecule has 0 amide bonds. The van der Waals surface area contributed by atoms with Crippen LogP contribution in [-0.4, -0.2) is 31.6 Å². The molecule has 2 N–H and O–H groups in total. The van der Waals surface area contributed by atoms with Gasteiger partial charge in [-0.2, -0.15) is 0 Å². The summed E-state index contributed by atoms with van der Waals surface area (Å²) in [6, 6.07) is 8.16. The molecular weight excluding hydrogens is 224 g/mol. The van der Waals surface area contributed by atoms with Crippen molar-refractivity contribution in [2.24, 2.45) is 11.7 Å². The van der Waals surface area contributed by atoms with Crippen molar-refractivity contribution >= 4 is 0 Å². The number of likely N-dealkylation sites (tertiary alicyclic amines) is 1. The maximum atomic E-state index is 6.30. The second kappa shape index (κ2) is 6.21. The predicted octanol–water partition coefficient (Wildman–Crippen LogP) is 2.43. The van der Waals surface area contributed by atoms with Crippen molar-refractivity contribution in [3.8, 4) is 5.75 Å². The van der Waals surface area contributed by atoms with Gasteiger partial charge in [0, 0.05) is 19.1 Å². The highest BCUT2D eigenvalue weighted by molar-refractivity contribution is 5.30. The lowest BCUT2D eigenvalue weighted by Crippen LogP contribution is -2.39. The minimum Gasteiger partial charge on any atom is -0.497 e. The first kappa shape index (κ1) is 13.4. The number of hydrogen-bond donors (Lipinski definition) is 1. The Morgan fingerprint density at radius 2 is 2.33 bits per heavy atom. The molecule has 1 aliphatic rings. The molecule has 0 aliphatic carbocycles. The summed E-state index contributed by atoms with van der Waals surface area (Å²) in [7, 11) is 1.69. The maximum absolute atomic E-state index is 6.30. The standard InChI is InChI=1S/C15H24N2O/c1-12-5-4-8-17(10-12)11-15(16)13-6-3-7-14(9-13)18-2/h3,6-7,9,12,15H,4-5,8,10-11,16H2,1-2H3. The zero-order valence-electron chi connectivity index (χ0n) is 11.4. The van der Waals surface area contributed by atoms with Gasteiger partial charge in [0.1, 0.15) is 5.75 Å². The van der Waals surface area contributed by atoms with Gasteiger partial charge >= 0.3 is 0 Å². The Bertz CT molecular complexity index is 381. The van der Waals surface area contributed by atoms with Crippen LogP contribution in [0.25, 0.3) is 0 Å². The highest BCUT2D eigenvalue weighted by atomic mass is 16.5. The molecule has 1 fully saturated rings. The summed E-state index contributed by atoms with van der Waals surface area (Å²) in [4.78, 5) is 2.48. The van der Waals surface area contributed by atoms with E-state index in [-0.39, 0.29) is 6.04 Å². The van der Waals surface area contributed by atoms with E-state index in [0.717, 1.165) is 23.8 Å². The van der Waals surface area contributed by atoms with Crippen LogP contribution in [-0.2, 0) is 0 Å². The molecule has 18 heavy (non-hydrogen) atoms. The van der Waals surface area contributed by atoms with E-state index in [1.54, 1.807) is 7.11 Å². The van der Waals surface area contributed by atoms with Gasteiger partial charge in [0.2, 0.25) is 0 Å². The number of hydrogen-bond acceptors (Lipinski definition) is 3. The topological polar surface area (TPSA) is 38.5 Å². The van der Waals surface area contributed by atoms with E-state index in [0.29, 0.717) is 0 Å². The van der Waals surface area contributed by atoms with Crippen molar-refractivity contribution in [2.45, 2.75) is 25.8 Å². The zero-order valence-corrected chi connectivity index (χ0v) is 11.4. The van der Waals surface area contributed by atoms with Gasteiger partial charge in [-0.05, 0) is 43.0 Å². The Labute approximate surface area is 110 Å². The number of nitrogens with two attached hydrogens (primary N) is 1. The zero-order chi connectivity index (χ0) is 13.0. The van der Waals surface area contributed by atoms with Gasteiger partial charge in [-0.25, -0.2) is 0 Å². The third-order valence-corrected chi connectivity index (χ3v) is 3.72. The summed E-state index contributed by atoms with van der Waals surface area (Å²) in [6.45, 7) is 5.63. The lowest BCUT2D eigenvalue weighted by atomic mass is 9.99. The van der Waals surface area contributed by atoms with E-state index in [4.69, 9.17) is 10.5 Å². The fourth-order valence-electron chi connectivity index (χ4n) is 2.71. The highest BCUT2D eigenvalue weighted by Crippen LogP contribution is 2.21. The predicted molar refractivity (Wildman–Crippen MR) is 74.8 cm³/mol. The average Bonchev–Trinajstić information content (AvgIpc) is 2.39. The molecule has 1 aromatic rings. The Balaban J connectivity index is 1.95. The summed E-state index contributed by atoms with van der Waals surface area (Å²) in [6.07, 6.45) is 2.65. The van der Waals surface area contributed by atoms with Crippen LogP contribution in [0.1, 0.15) is 31.4 Å². The van der Waals surface area contributed by atoms with Gasteiger partial charge in [-0.3, -0.25) is 0 Å². The molecular formula is C15H24N2O. The largest absolute Gasteiger partial charge is 0.497 e. The van der Waals surface area contributed by atoms with Crippen molar-refractivity contribution in [1.82, 2.24) is 4.90 Å². The second-order valence-electron chi connectivity index (χ2n) is 5.39. The van der Waals surface area contributed by atoms with Crippen LogP contribution in [0.5, 0.6) is 5.75 Å². The van der Waals surface area contributed by atoms with E-state index in [9.17, 15) is 0 Å². The Morgan fingerprint density at radius 3 is 3.06 bits per heavy atom. The molecule has 2 atom stereocenters. The summed E-state index contributed by atoms with van der Waals surface area (Å²) in [5.41, 5.74) is 7.46. The molecule has 1 saturated heterocycles. The summed E-state index contributed by atoms with van der Waals surface area (Å²) in [5, 5.41) is 0. The van der Waals surface area contributed by atoms with Gasteiger partial charge in [0.25, 0.3) is 0 Å². The third-order valence-electron chi connectivity index (χ3n) is 3.72. The molecule has 3 nitrogen and oxygen atoms in total. The van der Waals surface area contributed by atoms with Gasteiger partial charge in [-0.1, -0.05) is 19.1 Å². The average molecular weight is 248 g/mol. The molecule has 0 bridgehead atoms. The van der Waals surface area contributed by atoms with Gasteiger partial charge < -0.3 is 15.4 Å². The summed E-state index contributed by atoms with van der Waals surface area (Å²) < 4.78 is 5.24. The third kappa shape index (κ3) is 3.47. The monoisotopic (exact) mass is 248 g/mol. The van der Waals surface area contributed by atoms with E-state index in [1.165, 1.54) is 25.9 Å². The normalized spacial score (nSPS) is 22.7. The van der Waals surface area contributed by atoms with Crippen molar-refractivity contribution in [2.75, 3.05) is 26.7 Å². The SMILES string of the molecule is COc1cccc(C(N)CN2CCCC(C)C2)c1. The number of piperidine rings is 1. The smallest absolute Gasteiger partial charge is 0.119 e. The fourth-order valence-corrected chi connectivity index (χ4v) is 2.71. The number of benzene rings is 1. The lowest BCUT2D eigenvalue weighted by molar-refractivity contribution is 0.174. The van der Waals surface area contributed by atoms with Crippen molar-refractivity contribution in [3.05, 3.63) is 29.8 Å². The number of rotatable bonds is 4. The van der Waals surface area contributed by atoms with E-state index in [2.05, 4.69) is 17.9 Å². The van der Waals surface area contributed by atoms with E-state index in [1.807, 2.05) is 18.2 Å². The van der Waals surface area contributed by atoms with E-state index < -0.39 is 0 Å². The van der Waals surface area contributed by atoms with Gasteiger partial charge in [0.05, 0.1) is 7.11 Å². The first-order valence-electron chi connectivity index (χ1n) is 6.81. The first-order chi connectivity index (χ1) is 8.69. The van der Waals surface area contributed by atoms with Crippen molar-refractivity contribution in [1.29, 1.82) is 0 Å². The molecule has 100 valence electrons. The molecule has 0 saturated carbocycles.